The first-order valence-electron chi connectivity index (χ1n) is 18.6. The fourth-order valence-corrected chi connectivity index (χ4v) is 6.08. The number of hydrogen-bond acceptors (Lipinski definition) is 15. The van der Waals surface area contributed by atoms with E-state index in [-0.39, 0.29) is 11.6 Å². The van der Waals surface area contributed by atoms with Crippen LogP contribution in [0.25, 0.3) is 0 Å². The van der Waals surface area contributed by atoms with Crippen molar-refractivity contribution in [3.63, 3.8) is 0 Å². The molecule has 0 aliphatic carbocycles. The lowest BCUT2D eigenvalue weighted by Gasteiger charge is -2.29. The maximum absolute atomic E-state index is 13.9. The minimum atomic E-state index is -0.493. The van der Waals surface area contributed by atoms with Gasteiger partial charge in [-0.15, -0.1) is 0 Å². The van der Waals surface area contributed by atoms with Crippen molar-refractivity contribution >= 4 is 34.6 Å². The standard InChI is InChI=1S/C22H21N5O3.C21H18FN5O2/c1-28-21-6-5-17(11-16(21)13-23)26-22-24-14-20(15-25-22)30-19-4-2-3-18(12-19)27-7-9-29-10-8-27;22-19-5-4-15(12-23)10-20(19)26-21-24-13-18(14-25-21)29-17-3-1-2-16(11-17)27-6-8-28-9-7-27/h2-6,11-12,14-15H,7-10H2,1H3,(H,24,25,26);1-5,10-11,13-14H,6-9H2,(H,24,25,26). The SMILES string of the molecule is COc1ccc(Nc2ncc(Oc3cccc(N4CCOCC4)c3)cn2)cc1C#N.N#Cc1ccc(F)c(Nc2ncc(Oc3cccc(N4CCOCC4)c3)cn2)c1. The lowest BCUT2D eigenvalue weighted by atomic mass is 10.2. The summed E-state index contributed by atoms with van der Waals surface area (Å²) in [7, 11) is 1.53. The number of hydrogen-bond donors (Lipinski definition) is 2. The van der Waals surface area contributed by atoms with Crippen LogP contribution in [0.1, 0.15) is 11.1 Å². The molecule has 2 aromatic heterocycles. The van der Waals surface area contributed by atoms with Gasteiger partial charge in [-0.25, -0.2) is 24.3 Å². The minimum Gasteiger partial charge on any atom is -0.495 e. The zero-order chi connectivity index (χ0) is 40.8. The Kier molecular flexibility index (Phi) is 13.2. The van der Waals surface area contributed by atoms with Gasteiger partial charge in [0.2, 0.25) is 11.9 Å². The van der Waals surface area contributed by atoms with Crippen molar-refractivity contribution in [1.29, 1.82) is 10.5 Å². The topological polar surface area (TPSA) is 176 Å². The lowest BCUT2D eigenvalue weighted by molar-refractivity contribution is 0.122. The molecule has 2 fully saturated rings. The maximum Gasteiger partial charge on any atom is 0.227 e. The molecule has 4 aromatic carbocycles. The second kappa shape index (κ2) is 19.6. The molecule has 59 heavy (non-hydrogen) atoms. The van der Waals surface area contributed by atoms with E-state index in [4.69, 9.17) is 28.9 Å². The highest BCUT2D eigenvalue weighted by molar-refractivity contribution is 5.61. The Labute approximate surface area is 340 Å². The summed E-state index contributed by atoms with van der Waals surface area (Å²) >= 11 is 0. The number of ether oxygens (including phenoxy) is 5. The van der Waals surface area contributed by atoms with Crippen molar-refractivity contribution in [2.45, 2.75) is 0 Å². The zero-order valence-corrected chi connectivity index (χ0v) is 32.0. The molecule has 0 unspecified atom stereocenters. The van der Waals surface area contributed by atoms with Gasteiger partial charge in [0.15, 0.2) is 11.5 Å². The van der Waals surface area contributed by atoms with Crippen molar-refractivity contribution in [3.05, 3.63) is 127 Å². The molecule has 2 N–H and O–H groups in total. The molecule has 298 valence electrons. The fourth-order valence-electron chi connectivity index (χ4n) is 6.08. The van der Waals surface area contributed by atoms with Gasteiger partial charge in [0, 0.05) is 55.4 Å². The molecular formula is C43H39FN10O5. The van der Waals surface area contributed by atoms with E-state index in [1.807, 2.05) is 48.5 Å². The highest BCUT2D eigenvalue weighted by Gasteiger charge is 2.14. The Morgan fingerprint density at radius 2 is 1.17 bits per heavy atom. The predicted octanol–water partition coefficient (Wildman–Crippen LogP) is 7.59. The second-order valence-electron chi connectivity index (χ2n) is 13.0. The predicted molar refractivity (Wildman–Crippen MR) is 219 cm³/mol. The molecule has 4 heterocycles. The zero-order valence-electron chi connectivity index (χ0n) is 32.0. The molecule has 2 aliphatic rings. The van der Waals surface area contributed by atoms with Crippen molar-refractivity contribution in [1.82, 2.24) is 19.9 Å². The van der Waals surface area contributed by atoms with Crippen molar-refractivity contribution in [2.75, 3.05) is 80.1 Å². The summed E-state index contributed by atoms with van der Waals surface area (Å²) in [6, 6.07) is 29.0. The average molecular weight is 795 g/mol. The van der Waals surface area contributed by atoms with E-state index >= 15 is 0 Å². The Bertz CT molecular complexity index is 2410. The third-order valence-corrected chi connectivity index (χ3v) is 9.03. The number of methoxy groups -OCH3 is 1. The molecule has 0 atom stereocenters. The summed E-state index contributed by atoms with van der Waals surface area (Å²) in [5, 5.41) is 24.0. The number of rotatable bonds is 11. The third-order valence-electron chi connectivity index (χ3n) is 9.03. The van der Waals surface area contributed by atoms with E-state index in [0.717, 1.165) is 56.5 Å². The van der Waals surface area contributed by atoms with Gasteiger partial charge in [-0.1, -0.05) is 12.1 Å². The molecular weight excluding hydrogens is 756 g/mol. The second-order valence-corrected chi connectivity index (χ2v) is 13.0. The maximum atomic E-state index is 13.9. The van der Waals surface area contributed by atoms with Gasteiger partial charge in [-0.05, 0) is 60.7 Å². The van der Waals surface area contributed by atoms with E-state index in [9.17, 15) is 9.65 Å². The first-order chi connectivity index (χ1) is 29.0. The highest BCUT2D eigenvalue weighted by atomic mass is 19.1. The first kappa shape index (κ1) is 39.7. The summed E-state index contributed by atoms with van der Waals surface area (Å²) in [6.45, 7) is 6.32. The number of benzene rings is 4. The van der Waals surface area contributed by atoms with Gasteiger partial charge in [-0.3, -0.25) is 0 Å². The van der Waals surface area contributed by atoms with Crippen LogP contribution in [-0.4, -0.2) is 79.7 Å². The van der Waals surface area contributed by atoms with E-state index in [1.54, 1.807) is 30.6 Å². The molecule has 0 saturated carbocycles. The van der Waals surface area contributed by atoms with Gasteiger partial charge < -0.3 is 44.1 Å². The molecule has 2 saturated heterocycles. The van der Waals surface area contributed by atoms with Gasteiger partial charge in [-0.2, -0.15) is 10.5 Å². The summed E-state index contributed by atoms with van der Waals surface area (Å²) in [6.07, 6.45) is 6.21. The Morgan fingerprint density at radius 1 is 0.627 bits per heavy atom. The van der Waals surface area contributed by atoms with Crippen LogP contribution in [0.3, 0.4) is 0 Å². The number of anilines is 6. The normalized spacial score (nSPS) is 13.5. The molecule has 0 spiro atoms. The van der Waals surface area contributed by atoms with E-state index < -0.39 is 5.82 Å². The Balaban J connectivity index is 0.000000179. The number of halogens is 1. The van der Waals surface area contributed by atoms with Crippen LogP contribution >= 0.6 is 0 Å². The van der Waals surface area contributed by atoms with Gasteiger partial charge in [0.1, 0.15) is 29.1 Å². The van der Waals surface area contributed by atoms with Crippen LogP contribution in [0.4, 0.5) is 39.0 Å². The van der Waals surface area contributed by atoms with Gasteiger partial charge in [0.25, 0.3) is 0 Å². The monoisotopic (exact) mass is 794 g/mol. The molecule has 0 radical (unpaired) electrons. The van der Waals surface area contributed by atoms with Crippen LogP contribution in [0.2, 0.25) is 0 Å². The molecule has 2 aliphatic heterocycles. The molecule has 0 amide bonds. The number of nitriles is 2. The summed E-state index contributed by atoms with van der Waals surface area (Å²) in [5.41, 5.74) is 3.77. The molecule has 15 nitrogen and oxygen atoms in total. The summed E-state index contributed by atoms with van der Waals surface area (Å²) in [5.74, 6) is 3.02. The van der Waals surface area contributed by atoms with Crippen LogP contribution in [0.5, 0.6) is 28.7 Å². The molecule has 6 aromatic rings. The third kappa shape index (κ3) is 10.9. The quantitative estimate of drug-likeness (QED) is 0.131. The Morgan fingerprint density at radius 3 is 1.68 bits per heavy atom. The molecule has 8 rings (SSSR count). The minimum absolute atomic E-state index is 0.135. The summed E-state index contributed by atoms with van der Waals surface area (Å²) in [4.78, 5) is 21.4. The van der Waals surface area contributed by atoms with E-state index in [0.29, 0.717) is 59.0 Å². The van der Waals surface area contributed by atoms with Crippen LogP contribution in [-0.2, 0) is 9.47 Å². The van der Waals surface area contributed by atoms with E-state index in [1.165, 1.54) is 37.7 Å². The van der Waals surface area contributed by atoms with Crippen molar-refractivity contribution in [3.8, 4) is 40.9 Å². The van der Waals surface area contributed by atoms with E-state index in [2.05, 4.69) is 52.5 Å². The molecule has 0 bridgehead atoms. The van der Waals surface area contributed by atoms with Crippen molar-refractivity contribution < 1.29 is 28.1 Å². The van der Waals surface area contributed by atoms with Crippen molar-refractivity contribution in [2.24, 2.45) is 0 Å². The number of nitrogens with one attached hydrogen (secondary N) is 2. The number of aromatic nitrogens is 4. The van der Waals surface area contributed by atoms with Crippen LogP contribution in [0.15, 0.2) is 110 Å². The Hall–Kier alpha value is -7.53. The average Bonchev–Trinajstić information content (AvgIpc) is 3.29. The fraction of sp³-hybridized carbons (Fsp3) is 0.209. The lowest BCUT2D eigenvalue weighted by Crippen LogP contribution is -2.36. The van der Waals surface area contributed by atoms with Crippen LogP contribution < -0.4 is 34.6 Å². The van der Waals surface area contributed by atoms with Gasteiger partial charge >= 0.3 is 0 Å². The highest BCUT2D eigenvalue weighted by Crippen LogP contribution is 2.29. The molecule has 16 heteroatoms. The number of morpholine rings is 2. The van der Waals surface area contributed by atoms with Crippen LogP contribution in [0, 0.1) is 28.5 Å². The smallest absolute Gasteiger partial charge is 0.227 e. The first-order valence-corrected chi connectivity index (χ1v) is 18.6. The largest absolute Gasteiger partial charge is 0.495 e. The number of nitrogens with zero attached hydrogens (tertiary/aromatic N) is 8. The summed E-state index contributed by atoms with van der Waals surface area (Å²) < 4.78 is 41.6. The van der Waals surface area contributed by atoms with Gasteiger partial charge in [0.05, 0.1) is 81.2 Å².